The van der Waals surface area contributed by atoms with Gasteiger partial charge in [-0.2, -0.15) is 0 Å². The van der Waals surface area contributed by atoms with Gasteiger partial charge in [-0.25, -0.2) is 0 Å². The van der Waals surface area contributed by atoms with E-state index in [0.717, 1.165) is 10.6 Å². The molecule has 0 saturated heterocycles. The quantitative estimate of drug-likeness (QED) is 0.814. The fraction of sp³-hybridized carbons (Fsp3) is 0.778. The maximum absolute atomic E-state index is 9.85. The van der Waals surface area contributed by atoms with Gasteiger partial charge in [0.2, 0.25) is 0 Å². The molecule has 13 heavy (non-hydrogen) atoms. The summed E-state index contributed by atoms with van der Waals surface area (Å²) in [5.41, 5.74) is 0.936. The van der Waals surface area contributed by atoms with Gasteiger partial charge in [0.05, 0.1) is 16.7 Å². The predicted molar refractivity (Wildman–Crippen MR) is 53.8 cm³/mol. The minimum Gasteiger partial charge on any atom is -0.387 e. The van der Waals surface area contributed by atoms with Gasteiger partial charge < -0.3 is 5.11 Å². The van der Waals surface area contributed by atoms with E-state index >= 15 is 0 Å². The Hall–Kier alpha value is -0.480. The van der Waals surface area contributed by atoms with Crippen molar-refractivity contribution in [1.29, 1.82) is 0 Å². The Bertz CT molecular complexity index is 270. The Balaban J connectivity index is 2.93. The summed E-state index contributed by atoms with van der Waals surface area (Å²) in [4.78, 5) is 0.921. The van der Waals surface area contributed by atoms with Gasteiger partial charge in [-0.15, -0.1) is 5.10 Å². The SMILES string of the molecule is CC(C)c1nnsc1C(O)C(C)C. The lowest BCUT2D eigenvalue weighted by atomic mass is 10.0. The van der Waals surface area contributed by atoms with E-state index < -0.39 is 6.10 Å². The first-order chi connectivity index (χ1) is 6.04. The van der Waals surface area contributed by atoms with Crippen molar-refractivity contribution in [3.8, 4) is 0 Å². The first-order valence-electron chi connectivity index (χ1n) is 4.54. The molecule has 1 atom stereocenters. The lowest BCUT2D eigenvalue weighted by molar-refractivity contribution is 0.129. The van der Waals surface area contributed by atoms with Gasteiger partial charge in [0, 0.05) is 0 Å². The van der Waals surface area contributed by atoms with Crippen LogP contribution in [0.3, 0.4) is 0 Å². The molecule has 0 aliphatic carbocycles. The molecule has 0 amide bonds. The van der Waals surface area contributed by atoms with E-state index in [2.05, 4.69) is 23.4 Å². The molecule has 0 aliphatic heterocycles. The predicted octanol–water partition coefficient (Wildman–Crippen LogP) is 2.35. The Morgan fingerprint density at radius 2 is 1.85 bits per heavy atom. The van der Waals surface area contributed by atoms with Crippen molar-refractivity contribution >= 4 is 11.5 Å². The van der Waals surface area contributed by atoms with Crippen LogP contribution >= 0.6 is 11.5 Å². The third kappa shape index (κ3) is 2.25. The summed E-state index contributed by atoms with van der Waals surface area (Å²) in [5, 5.41) is 13.9. The molecule has 1 rings (SSSR count). The van der Waals surface area contributed by atoms with Crippen LogP contribution in [0.5, 0.6) is 0 Å². The number of aliphatic hydroxyl groups excluding tert-OH is 1. The highest BCUT2D eigenvalue weighted by molar-refractivity contribution is 7.05. The second-order valence-electron chi connectivity index (χ2n) is 3.87. The molecule has 1 aromatic rings. The van der Waals surface area contributed by atoms with Crippen LogP contribution < -0.4 is 0 Å². The smallest absolute Gasteiger partial charge is 0.0939 e. The first kappa shape index (κ1) is 10.6. The van der Waals surface area contributed by atoms with Crippen LogP contribution in [0, 0.1) is 5.92 Å². The molecule has 0 bridgehead atoms. The van der Waals surface area contributed by atoms with Gasteiger partial charge in [0.1, 0.15) is 0 Å². The van der Waals surface area contributed by atoms with E-state index in [1.807, 2.05) is 13.8 Å². The molecule has 0 fully saturated rings. The Labute approximate surface area is 83.0 Å². The molecule has 3 nitrogen and oxygen atoms in total. The number of aromatic nitrogens is 2. The number of hydrogen-bond acceptors (Lipinski definition) is 4. The van der Waals surface area contributed by atoms with Crippen molar-refractivity contribution in [2.24, 2.45) is 5.92 Å². The number of hydrogen-bond donors (Lipinski definition) is 1. The summed E-state index contributed by atoms with van der Waals surface area (Å²) in [7, 11) is 0. The van der Waals surface area contributed by atoms with Crippen LogP contribution in [0.15, 0.2) is 0 Å². The summed E-state index contributed by atoms with van der Waals surface area (Å²) in [6, 6.07) is 0. The molecular weight excluding hydrogens is 184 g/mol. The summed E-state index contributed by atoms with van der Waals surface area (Å²) >= 11 is 1.30. The van der Waals surface area contributed by atoms with Gasteiger partial charge in [0.15, 0.2) is 0 Å². The molecule has 0 aromatic carbocycles. The van der Waals surface area contributed by atoms with Crippen LogP contribution in [0.4, 0.5) is 0 Å². The van der Waals surface area contributed by atoms with Crippen LogP contribution in [-0.2, 0) is 0 Å². The summed E-state index contributed by atoms with van der Waals surface area (Å²) in [6.07, 6.45) is -0.419. The minimum absolute atomic E-state index is 0.222. The third-order valence-corrected chi connectivity index (χ3v) is 2.80. The molecular formula is C9H16N2OS. The summed E-state index contributed by atoms with van der Waals surface area (Å²) in [6.45, 7) is 8.11. The van der Waals surface area contributed by atoms with E-state index in [1.165, 1.54) is 11.5 Å². The molecule has 74 valence electrons. The number of aliphatic hydroxyl groups is 1. The molecule has 4 heteroatoms. The fourth-order valence-corrected chi connectivity index (χ4v) is 2.08. The molecule has 1 aromatic heterocycles. The molecule has 0 spiro atoms. The Morgan fingerprint density at radius 1 is 1.23 bits per heavy atom. The van der Waals surface area contributed by atoms with Gasteiger partial charge in [0.25, 0.3) is 0 Å². The molecule has 0 aliphatic rings. The topological polar surface area (TPSA) is 46.0 Å². The lowest BCUT2D eigenvalue weighted by Gasteiger charge is -2.14. The second-order valence-corrected chi connectivity index (χ2v) is 4.65. The maximum Gasteiger partial charge on any atom is 0.0939 e. The zero-order valence-corrected chi connectivity index (χ0v) is 9.30. The first-order valence-corrected chi connectivity index (χ1v) is 5.31. The fourth-order valence-electron chi connectivity index (χ4n) is 1.11. The van der Waals surface area contributed by atoms with Gasteiger partial charge >= 0.3 is 0 Å². The molecule has 0 radical (unpaired) electrons. The van der Waals surface area contributed by atoms with E-state index in [9.17, 15) is 5.11 Å². The summed E-state index contributed by atoms with van der Waals surface area (Å²) in [5.74, 6) is 0.557. The molecule has 1 unspecified atom stereocenters. The standard InChI is InChI=1S/C9H16N2OS/c1-5(2)7-9(13-11-10-7)8(12)6(3)4/h5-6,8,12H,1-4H3. The average molecular weight is 200 g/mol. The Morgan fingerprint density at radius 3 is 2.31 bits per heavy atom. The van der Waals surface area contributed by atoms with Crippen molar-refractivity contribution in [2.45, 2.75) is 39.7 Å². The highest BCUT2D eigenvalue weighted by Crippen LogP contribution is 2.30. The summed E-state index contributed by atoms with van der Waals surface area (Å²) < 4.78 is 3.88. The number of nitrogens with zero attached hydrogens (tertiary/aromatic N) is 2. The molecule has 1 heterocycles. The molecule has 0 saturated carbocycles. The maximum atomic E-state index is 9.85. The molecule has 1 N–H and O–H groups in total. The second kappa shape index (κ2) is 4.15. The van der Waals surface area contributed by atoms with Crippen molar-refractivity contribution in [1.82, 2.24) is 9.59 Å². The van der Waals surface area contributed by atoms with Crippen LogP contribution in [0.1, 0.15) is 50.3 Å². The van der Waals surface area contributed by atoms with Crippen molar-refractivity contribution < 1.29 is 5.11 Å². The van der Waals surface area contributed by atoms with Crippen molar-refractivity contribution in [3.05, 3.63) is 10.6 Å². The third-order valence-electron chi connectivity index (χ3n) is 1.99. The monoisotopic (exact) mass is 200 g/mol. The van der Waals surface area contributed by atoms with Gasteiger partial charge in [-0.1, -0.05) is 32.2 Å². The Kier molecular flexibility index (Phi) is 3.39. The number of rotatable bonds is 3. The van der Waals surface area contributed by atoms with Crippen LogP contribution in [-0.4, -0.2) is 14.7 Å². The highest BCUT2D eigenvalue weighted by Gasteiger charge is 2.21. The van der Waals surface area contributed by atoms with E-state index in [0.29, 0.717) is 5.92 Å². The highest BCUT2D eigenvalue weighted by atomic mass is 32.1. The van der Waals surface area contributed by atoms with Crippen LogP contribution in [0.2, 0.25) is 0 Å². The zero-order chi connectivity index (χ0) is 10.0. The van der Waals surface area contributed by atoms with Crippen molar-refractivity contribution in [2.75, 3.05) is 0 Å². The van der Waals surface area contributed by atoms with Crippen LogP contribution in [0.25, 0.3) is 0 Å². The zero-order valence-electron chi connectivity index (χ0n) is 8.48. The minimum atomic E-state index is -0.419. The van der Waals surface area contributed by atoms with E-state index in [1.54, 1.807) is 0 Å². The largest absolute Gasteiger partial charge is 0.387 e. The van der Waals surface area contributed by atoms with E-state index in [-0.39, 0.29) is 5.92 Å². The van der Waals surface area contributed by atoms with E-state index in [4.69, 9.17) is 0 Å². The van der Waals surface area contributed by atoms with Gasteiger partial charge in [-0.3, -0.25) is 0 Å². The van der Waals surface area contributed by atoms with Crippen molar-refractivity contribution in [3.63, 3.8) is 0 Å². The van der Waals surface area contributed by atoms with Gasteiger partial charge in [-0.05, 0) is 23.4 Å². The lowest BCUT2D eigenvalue weighted by Crippen LogP contribution is -2.07. The normalized spacial score (nSPS) is 14.1. The average Bonchev–Trinajstić information content (AvgIpc) is 2.50.